The van der Waals surface area contributed by atoms with Crippen molar-refractivity contribution < 1.29 is 8.42 Å². The Bertz CT molecular complexity index is 499. The molecule has 82 valence electrons. The van der Waals surface area contributed by atoms with E-state index in [1.807, 2.05) is 0 Å². The molecule has 0 aliphatic heterocycles. The van der Waals surface area contributed by atoms with Crippen LogP contribution in [0.1, 0.15) is 5.56 Å². The molecule has 0 saturated carbocycles. The monoisotopic (exact) mass is 308 g/mol. The fraction of sp³-hybridized carbons (Fsp3) is 0.125. The first-order chi connectivity index (χ1) is 6.79. The molecule has 0 bridgehead atoms. The predicted octanol–water partition coefficient (Wildman–Crippen LogP) is 1.45. The van der Waals surface area contributed by atoms with E-state index in [9.17, 15) is 8.42 Å². The largest absolute Gasteiger partial charge is 0.389 e. The number of nitrogens with one attached hydrogen (secondary N) is 1. The molecule has 0 atom stereocenters. The molecular weight excluding hydrogens is 300 g/mol. The van der Waals surface area contributed by atoms with Crippen molar-refractivity contribution in [3.05, 3.63) is 28.2 Å². The van der Waals surface area contributed by atoms with Crippen LogP contribution in [-0.4, -0.2) is 19.7 Å². The third-order valence-electron chi connectivity index (χ3n) is 1.55. The van der Waals surface area contributed by atoms with Crippen LogP contribution in [0, 0.1) is 0 Å². The first-order valence-corrected chi connectivity index (χ1v) is 6.96. The molecular formula is C8H9BrN2O2S2. The molecule has 4 nitrogen and oxygen atoms in total. The number of anilines is 1. The Morgan fingerprint density at radius 1 is 1.53 bits per heavy atom. The first kappa shape index (κ1) is 12.4. The van der Waals surface area contributed by atoms with Crippen LogP contribution in [0.15, 0.2) is 22.7 Å². The number of halogens is 1. The van der Waals surface area contributed by atoms with Gasteiger partial charge in [-0.1, -0.05) is 12.2 Å². The molecule has 3 N–H and O–H groups in total. The van der Waals surface area contributed by atoms with Gasteiger partial charge in [-0.05, 0) is 34.1 Å². The van der Waals surface area contributed by atoms with E-state index in [0.29, 0.717) is 15.7 Å². The Balaban J connectivity index is 3.09. The zero-order chi connectivity index (χ0) is 11.6. The molecule has 1 aromatic carbocycles. The van der Waals surface area contributed by atoms with Crippen molar-refractivity contribution in [2.45, 2.75) is 0 Å². The van der Waals surface area contributed by atoms with Crippen LogP contribution in [0.3, 0.4) is 0 Å². The molecule has 0 amide bonds. The summed E-state index contributed by atoms with van der Waals surface area (Å²) in [4.78, 5) is 0.265. The van der Waals surface area contributed by atoms with Gasteiger partial charge in [-0.3, -0.25) is 4.72 Å². The number of thiocarbonyl (C=S) groups is 1. The zero-order valence-corrected chi connectivity index (χ0v) is 11.0. The molecule has 0 aliphatic rings. The van der Waals surface area contributed by atoms with Gasteiger partial charge in [0.2, 0.25) is 10.0 Å². The number of rotatable bonds is 3. The van der Waals surface area contributed by atoms with Gasteiger partial charge in [-0.15, -0.1) is 0 Å². The highest BCUT2D eigenvalue weighted by molar-refractivity contribution is 9.10. The van der Waals surface area contributed by atoms with Gasteiger partial charge >= 0.3 is 0 Å². The van der Waals surface area contributed by atoms with E-state index in [-0.39, 0.29) is 4.99 Å². The molecule has 0 aliphatic carbocycles. The van der Waals surface area contributed by atoms with Crippen molar-refractivity contribution in [1.29, 1.82) is 0 Å². The van der Waals surface area contributed by atoms with Gasteiger partial charge in [0, 0.05) is 10.0 Å². The van der Waals surface area contributed by atoms with Gasteiger partial charge in [0.25, 0.3) is 0 Å². The van der Waals surface area contributed by atoms with Crippen molar-refractivity contribution in [3.8, 4) is 0 Å². The van der Waals surface area contributed by atoms with E-state index >= 15 is 0 Å². The Hall–Kier alpha value is -0.660. The molecule has 1 rings (SSSR count). The molecule has 1 aromatic rings. The highest BCUT2D eigenvalue weighted by Gasteiger charge is 2.07. The number of hydrogen-bond acceptors (Lipinski definition) is 3. The van der Waals surface area contributed by atoms with Crippen LogP contribution in [0.4, 0.5) is 5.69 Å². The molecule has 0 radical (unpaired) electrons. The van der Waals surface area contributed by atoms with Gasteiger partial charge in [-0.2, -0.15) is 0 Å². The lowest BCUT2D eigenvalue weighted by Gasteiger charge is -2.07. The summed E-state index contributed by atoms with van der Waals surface area (Å²) in [6, 6.07) is 4.91. The fourth-order valence-electron chi connectivity index (χ4n) is 0.951. The van der Waals surface area contributed by atoms with Gasteiger partial charge in [0.1, 0.15) is 4.99 Å². The third kappa shape index (κ3) is 3.77. The van der Waals surface area contributed by atoms with Crippen LogP contribution in [0.2, 0.25) is 0 Å². The van der Waals surface area contributed by atoms with Crippen molar-refractivity contribution in [2.75, 3.05) is 11.0 Å². The summed E-state index contributed by atoms with van der Waals surface area (Å²) < 4.78 is 24.9. The van der Waals surface area contributed by atoms with Gasteiger partial charge in [0.15, 0.2) is 0 Å². The van der Waals surface area contributed by atoms with E-state index in [0.717, 1.165) is 6.26 Å². The standard InChI is InChI=1S/C8H9BrN2O2S2/c1-15(12,13)11-7-3-2-5(8(10)14)4-6(7)9/h2-4,11H,1H3,(H2,10,14). The van der Waals surface area contributed by atoms with Crippen molar-refractivity contribution >= 4 is 48.8 Å². The summed E-state index contributed by atoms with van der Waals surface area (Å²) in [7, 11) is -3.28. The number of hydrogen-bond donors (Lipinski definition) is 2. The summed E-state index contributed by atoms with van der Waals surface area (Å²) in [5.41, 5.74) is 6.56. The minimum atomic E-state index is -3.28. The quantitative estimate of drug-likeness (QED) is 0.829. The number of nitrogens with two attached hydrogens (primary N) is 1. The van der Waals surface area contributed by atoms with Crippen molar-refractivity contribution in [2.24, 2.45) is 5.73 Å². The van der Waals surface area contributed by atoms with Crippen LogP contribution < -0.4 is 10.5 Å². The van der Waals surface area contributed by atoms with Gasteiger partial charge in [0.05, 0.1) is 11.9 Å². The van der Waals surface area contributed by atoms with Crippen molar-refractivity contribution in [1.82, 2.24) is 0 Å². The first-order valence-electron chi connectivity index (χ1n) is 3.87. The Kier molecular flexibility index (Phi) is 3.69. The lowest BCUT2D eigenvalue weighted by atomic mass is 10.2. The molecule has 0 unspecified atom stereocenters. The van der Waals surface area contributed by atoms with Gasteiger partial charge < -0.3 is 5.73 Å². The van der Waals surface area contributed by atoms with E-state index in [1.165, 1.54) is 0 Å². The Labute approximate surface area is 102 Å². The van der Waals surface area contributed by atoms with Crippen LogP contribution in [0.5, 0.6) is 0 Å². The zero-order valence-electron chi connectivity index (χ0n) is 7.82. The second kappa shape index (κ2) is 4.46. The SMILES string of the molecule is CS(=O)(=O)Nc1ccc(C(N)=S)cc1Br. The summed E-state index contributed by atoms with van der Waals surface area (Å²) in [5, 5.41) is 0. The van der Waals surface area contributed by atoms with Crippen LogP contribution in [0.25, 0.3) is 0 Å². The smallest absolute Gasteiger partial charge is 0.229 e. The topological polar surface area (TPSA) is 72.2 Å². The van der Waals surface area contributed by atoms with E-state index in [4.69, 9.17) is 18.0 Å². The summed E-state index contributed by atoms with van der Waals surface area (Å²) in [6.07, 6.45) is 1.08. The second-order valence-corrected chi connectivity index (χ2v) is 5.98. The lowest BCUT2D eigenvalue weighted by Crippen LogP contribution is -2.12. The lowest BCUT2D eigenvalue weighted by molar-refractivity contribution is 0.607. The molecule has 15 heavy (non-hydrogen) atoms. The maximum absolute atomic E-state index is 11.0. The highest BCUT2D eigenvalue weighted by atomic mass is 79.9. The third-order valence-corrected chi connectivity index (χ3v) is 3.03. The maximum atomic E-state index is 11.0. The minimum Gasteiger partial charge on any atom is -0.389 e. The normalized spacial score (nSPS) is 11.1. The fourth-order valence-corrected chi connectivity index (χ4v) is 2.26. The summed E-state index contributed by atoms with van der Waals surface area (Å²) >= 11 is 8.02. The molecule has 0 spiro atoms. The number of benzene rings is 1. The summed E-state index contributed by atoms with van der Waals surface area (Å²) in [6.45, 7) is 0. The second-order valence-electron chi connectivity index (χ2n) is 2.93. The van der Waals surface area contributed by atoms with Crippen LogP contribution in [-0.2, 0) is 10.0 Å². The Morgan fingerprint density at radius 3 is 2.53 bits per heavy atom. The van der Waals surface area contributed by atoms with Crippen molar-refractivity contribution in [3.63, 3.8) is 0 Å². The molecule has 0 heterocycles. The summed E-state index contributed by atoms with van der Waals surface area (Å²) in [5.74, 6) is 0. The van der Waals surface area contributed by atoms with E-state index in [1.54, 1.807) is 18.2 Å². The molecule has 0 aromatic heterocycles. The maximum Gasteiger partial charge on any atom is 0.229 e. The predicted molar refractivity (Wildman–Crippen MR) is 68.5 cm³/mol. The molecule has 0 fully saturated rings. The number of sulfonamides is 1. The van der Waals surface area contributed by atoms with Gasteiger partial charge in [-0.25, -0.2) is 8.42 Å². The van der Waals surface area contributed by atoms with Crippen LogP contribution >= 0.6 is 28.1 Å². The van der Waals surface area contributed by atoms with E-state index < -0.39 is 10.0 Å². The average molecular weight is 309 g/mol. The van der Waals surface area contributed by atoms with E-state index in [2.05, 4.69) is 20.7 Å². The average Bonchev–Trinajstić information content (AvgIpc) is 2.05. The highest BCUT2D eigenvalue weighted by Crippen LogP contribution is 2.24. The minimum absolute atomic E-state index is 0.265. The Morgan fingerprint density at radius 2 is 2.13 bits per heavy atom. The molecule has 7 heteroatoms. The molecule has 0 saturated heterocycles.